The van der Waals surface area contributed by atoms with Gasteiger partial charge in [-0.3, -0.25) is 20.1 Å². The van der Waals surface area contributed by atoms with E-state index in [2.05, 4.69) is 37.6 Å². The Bertz CT molecular complexity index is 1060. The van der Waals surface area contributed by atoms with Crippen molar-refractivity contribution in [1.29, 1.82) is 0 Å². The van der Waals surface area contributed by atoms with Gasteiger partial charge in [-0.25, -0.2) is 9.18 Å². The molecule has 3 N–H and O–H groups in total. The molecule has 2 aliphatic heterocycles. The van der Waals surface area contributed by atoms with Crippen LogP contribution in [0.3, 0.4) is 0 Å². The number of carbonyl (C=O) groups is 3. The van der Waals surface area contributed by atoms with E-state index in [1.807, 2.05) is 13.0 Å². The molecule has 0 saturated carbocycles. The van der Waals surface area contributed by atoms with E-state index < -0.39 is 22.9 Å². The van der Waals surface area contributed by atoms with Crippen molar-refractivity contribution in [3.05, 3.63) is 36.4 Å². The fraction of sp³-hybridized carbons (Fsp3) is 0.478. The number of hydrogen-bond acceptors (Lipinski definition) is 6. The maximum Gasteiger partial charge on any atom is 0.322 e. The van der Waals surface area contributed by atoms with Gasteiger partial charge in [0.2, 0.25) is 0 Å². The molecule has 10 heteroatoms. The molecule has 9 nitrogen and oxygen atoms in total. The zero-order chi connectivity index (χ0) is 23.8. The van der Waals surface area contributed by atoms with Crippen molar-refractivity contribution >= 4 is 23.9 Å². The van der Waals surface area contributed by atoms with Crippen LogP contribution >= 0.6 is 0 Å². The molecule has 3 heterocycles. The Balaban J connectivity index is 1.44. The molecule has 0 unspecified atom stereocenters. The summed E-state index contributed by atoms with van der Waals surface area (Å²) in [6.45, 7) is 7.99. The molecule has 2 aromatic rings. The molecule has 2 aliphatic rings. The molecule has 4 rings (SSSR count). The highest BCUT2D eigenvalue weighted by atomic mass is 19.1. The number of amides is 3. The van der Waals surface area contributed by atoms with E-state index in [0.717, 1.165) is 23.1 Å². The van der Waals surface area contributed by atoms with Crippen LogP contribution in [0.5, 0.6) is 0 Å². The summed E-state index contributed by atoms with van der Waals surface area (Å²) in [6, 6.07) is 4.52. The molecule has 1 aromatic heterocycles. The number of urea groups is 1. The number of aldehydes is 1. The number of hydrogen-bond donors (Lipinski definition) is 3. The Kier molecular flexibility index (Phi) is 5.96. The van der Waals surface area contributed by atoms with Crippen molar-refractivity contribution in [2.75, 3.05) is 31.1 Å². The van der Waals surface area contributed by atoms with Crippen LogP contribution < -0.4 is 15.5 Å². The monoisotopic (exact) mass is 456 g/mol. The molecule has 0 radical (unpaired) electrons. The fourth-order valence-electron chi connectivity index (χ4n) is 5.03. The number of halogens is 1. The first-order chi connectivity index (χ1) is 15.6. The molecule has 2 fully saturated rings. The van der Waals surface area contributed by atoms with Gasteiger partial charge in [0.05, 0.1) is 6.20 Å². The Hall–Kier alpha value is -3.27. The minimum atomic E-state index is -1.12. The van der Waals surface area contributed by atoms with Crippen LogP contribution in [0.15, 0.2) is 30.6 Å². The first-order valence-corrected chi connectivity index (χ1v) is 11.0. The van der Waals surface area contributed by atoms with Crippen LogP contribution in [0.25, 0.3) is 11.1 Å². The van der Waals surface area contributed by atoms with Crippen molar-refractivity contribution in [3.63, 3.8) is 0 Å². The summed E-state index contributed by atoms with van der Waals surface area (Å²) >= 11 is 0. The van der Waals surface area contributed by atoms with Gasteiger partial charge in [-0.1, -0.05) is 6.92 Å². The Morgan fingerprint density at radius 3 is 2.67 bits per heavy atom. The van der Waals surface area contributed by atoms with Crippen molar-refractivity contribution in [2.24, 2.45) is 5.41 Å². The minimum Gasteiger partial charge on any atom is -0.366 e. The van der Waals surface area contributed by atoms with E-state index in [1.165, 1.54) is 12.1 Å². The number of benzene rings is 1. The zero-order valence-corrected chi connectivity index (χ0v) is 19.0. The van der Waals surface area contributed by atoms with Crippen LogP contribution in [0.1, 0.15) is 27.2 Å². The predicted molar refractivity (Wildman–Crippen MR) is 121 cm³/mol. The lowest BCUT2D eigenvalue weighted by Gasteiger charge is -2.44. The van der Waals surface area contributed by atoms with Gasteiger partial charge >= 0.3 is 6.03 Å². The maximum atomic E-state index is 14.4. The highest BCUT2D eigenvalue weighted by Crippen LogP contribution is 2.32. The van der Waals surface area contributed by atoms with Gasteiger partial charge < -0.3 is 15.0 Å². The summed E-state index contributed by atoms with van der Waals surface area (Å²) in [4.78, 5) is 40.2. The van der Waals surface area contributed by atoms with Crippen molar-refractivity contribution in [3.8, 4) is 11.1 Å². The summed E-state index contributed by atoms with van der Waals surface area (Å²) in [5.74, 6) is -0.727. The van der Waals surface area contributed by atoms with Gasteiger partial charge in [-0.15, -0.1) is 0 Å². The number of anilines is 1. The molecule has 176 valence electrons. The van der Waals surface area contributed by atoms with Crippen molar-refractivity contribution in [1.82, 2.24) is 25.7 Å². The molecular weight excluding hydrogens is 427 g/mol. The molecule has 2 saturated heterocycles. The topological polar surface area (TPSA) is 110 Å². The zero-order valence-electron chi connectivity index (χ0n) is 19.0. The lowest BCUT2D eigenvalue weighted by molar-refractivity contribution is -0.126. The number of carbonyl (C=O) groups excluding carboxylic acids is 3. The molecular formula is C23H29FN6O3. The fourth-order valence-corrected chi connectivity index (χ4v) is 5.03. The lowest BCUT2D eigenvalue weighted by atomic mass is 9.78. The Labute approximate surface area is 191 Å². The summed E-state index contributed by atoms with van der Waals surface area (Å²) < 4.78 is 14.4. The third-order valence-electron chi connectivity index (χ3n) is 6.50. The van der Waals surface area contributed by atoms with E-state index in [-0.39, 0.29) is 18.3 Å². The second kappa shape index (κ2) is 8.58. The van der Waals surface area contributed by atoms with Crippen LogP contribution in [-0.4, -0.2) is 71.1 Å². The number of piperazine rings is 1. The molecule has 0 bridgehead atoms. The molecule has 3 amide bonds. The smallest absolute Gasteiger partial charge is 0.322 e. The number of H-pyrrole nitrogens is 1. The first kappa shape index (κ1) is 22.9. The molecule has 0 aliphatic carbocycles. The van der Waals surface area contributed by atoms with Crippen molar-refractivity contribution in [2.45, 2.75) is 38.8 Å². The highest BCUT2D eigenvalue weighted by molar-refractivity contribution is 6.06. The van der Waals surface area contributed by atoms with Crippen LogP contribution in [0.4, 0.5) is 14.9 Å². The van der Waals surface area contributed by atoms with Gasteiger partial charge in [-0.05, 0) is 44.0 Å². The standard InChI is InChI=1S/C23H29FN6O3/c1-15-11-29(13-22(2,14-31)12-23(3)20(32)27-21(33)28-23)4-5-30(15)19-7-16(6-18(24)8-19)17-9-25-26-10-17/h6-10,14-15H,4-5,11-13H2,1-3H3,(H,25,26)(H2,27,28,32,33)/t15-,22-,23+/m0/s1. The second-order valence-electron chi connectivity index (χ2n) is 9.65. The van der Waals surface area contributed by atoms with Crippen LogP contribution in [0.2, 0.25) is 0 Å². The van der Waals surface area contributed by atoms with Gasteiger partial charge in [0.25, 0.3) is 5.91 Å². The normalized spacial score (nSPS) is 25.5. The largest absolute Gasteiger partial charge is 0.366 e. The summed E-state index contributed by atoms with van der Waals surface area (Å²) in [5.41, 5.74) is 0.436. The molecule has 3 atom stereocenters. The number of aromatic nitrogens is 2. The average Bonchev–Trinajstić information content (AvgIpc) is 3.35. The number of nitrogens with zero attached hydrogens (tertiary/aromatic N) is 3. The van der Waals surface area contributed by atoms with E-state index in [0.29, 0.717) is 26.2 Å². The second-order valence-corrected chi connectivity index (χ2v) is 9.65. The summed E-state index contributed by atoms with van der Waals surface area (Å²) in [5, 5.41) is 11.6. The maximum absolute atomic E-state index is 14.4. The molecule has 1 aromatic carbocycles. The van der Waals surface area contributed by atoms with E-state index in [1.54, 1.807) is 19.3 Å². The van der Waals surface area contributed by atoms with Crippen LogP contribution in [-0.2, 0) is 9.59 Å². The van der Waals surface area contributed by atoms with E-state index in [9.17, 15) is 18.8 Å². The van der Waals surface area contributed by atoms with Gasteiger partial charge in [-0.2, -0.15) is 5.10 Å². The third kappa shape index (κ3) is 4.75. The van der Waals surface area contributed by atoms with Gasteiger partial charge in [0.15, 0.2) is 0 Å². The number of rotatable bonds is 7. The molecule has 0 spiro atoms. The number of nitrogens with one attached hydrogen (secondary N) is 3. The summed E-state index contributed by atoms with van der Waals surface area (Å²) in [6.07, 6.45) is 4.46. The Morgan fingerprint density at radius 1 is 1.27 bits per heavy atom. The van der Waals surface area contributed by atoms with Crippen LogP contribution in [0, 0.1) is 11.2 Å². The third-order valence-corrected chi connectivity index (χ3v) is 6.50. The average molecular weight is 457 g/mol. The summed E-state index contributed by atoms with van der Waals surface area (Å²) in [7, 11) is 0. The number of aromatic amines is 1. The SMILES string of the molecule is C[C@H]1CN(C[C@@](C)(C=O)C[C@@]2(C)NC(=O)NC2=O)CCN1c1cc(F)cc(-c2cn[nH]c2)c1. The van der Waals surface area contributed by atoms with Crippen molar-refractivity contribution < 1.29 is 18.8 Å². The predicted octanol–water partition coefficient (Wildman–Crippen LogP) is 1.92. The lowest BCUT2D eigenvalue weighted by Crippen LogP contribution is -2.56. The van der Waals surface area contributed by atoms with E-state index >= 15 is 0 Å². The number of imide groups is 1. The quantitative estimate of drug-likeness (QED) is 0.434. The highest BCUT2D eigenvalue weighted by Gasteiger charge is 2.47. The van der Waals surface area contributed by atoms with Gasteiger partial charge in [0.1, 0.15) is 17.6 Å². The van der Waals surface area contributed by atoms with E-state index in [4.69, 9.17) is 0 Å². The first-order valence-electron chi connectivity index (χ1n) is 11.0. The Morgan fingerprint density at radius 2 is 2.06 bits per heavy atom. The minimum absolute atomic E-state index is 0.0821. The van der Waals surface area contributed by atoms with Gasteiger partial charge in [0, 0.05) is 55.1 Å². The molecule has 33 heavy (non-hydrogen) atoms.